The molecule has 0 saturated carbocycles. The minimum atomic E-state index is -0.0371. The first-order valence-corrected chi connectivity index (χ1v) is 10.1. The van der Waals surface area contributed by atoms with Crippen molar-refractivity contribution in [3.8, 4) is 0 Å². The van der Waals surface area contributed by atoms with Crippen molar-refractivity contribution in [2.45, 2.75) is 45.2 Å². The zero-order valence-electron chi connectivity index (χ0n) is 17.0. The number of carbonyl (C=O) groups is 1. The molecule has 9 heteroatoms. The molecule has 1 aromatic rings. The number of likely N-dealkylation sites (tertiary alicyclic amines) is 1. The van der Waals surface area contributed by atoms with Crippen molar-refractivity contribution < 1.29 is 19.0 Å². The van der Waals surface area contributed by atoms with Crippen LogP contribution in [0.1, 0.15) is 31.5 Å². The maximum absolute atomic E-state index is 12.6. The molecule has 1 amide bonds. The Balaban J connectivity index is 1.52. The smallest absolute Gasteiger partial charge is 0.345 e. The monoisotopic (exact) mass is 396 g/mol. The molecule has 28 heavy (non-hydrogen) atoms. The quantitative estimate of drug-likeness (QED) is 0.588. The lowest BCUT2D eigenvalue weighted by Crippen LogP contribution is -2.45. The summed E-state index contributed by atoms with van der Waals surface area (Å²) in [6.45, 7) is 4.25. The van der Waals surface area contributed by atoms with Gasteiger partial charge < -0.3 is 19.1 Å². The van der Waals surface area contributed by atoms with Gasteiger partial charge in [0.2, 0.25) is 5.91 Å². The molecule has 0 atom stereocenters. The standard InChI is InChI=1S/C19H32N4O5/c1-26-12-11-23-18(25)22-10-7-19(4-3-16(22)20-23)5-8-21(9-6-19)17(24)15-28-14-13-27-2/h3-15H2,1-2H3. The summed E-state index contributed by atoms with van der Waals surface area (Å²) in [7, 11) is 3.24. The summed E-state index contributed by atoms with van der Waals surface area (Å²) >= 11 is 0. The lowest BCUT2D eigenvalue weighted by molar-refractivity contribution is -0.139. The summed E-state index contributed by atoms with van der Waals surface area (Å²) in [6.07, 6.45) is 4.73. The molecule has 158 valence electrons. The van der Waals surface area contributed by atoms with E-state index in [1.54, 1.807) is 14.2 Å². The second-order valence-corrected chi connectivity index (χ2v) is 7.74. The molecular weight excluding hydrogens is 364 g/mol. The highest BCUT2D eigenvalue weighted by atomic mass is 16.5. The number of amides is 1. The Morgan fingerprint density at radius 2 is 1.75 bits per heavy atom. The molecule has 0 aliphatic carbocycles. The van der Waals surface area contributed by atoms with Crippen LogP contribution in [0.5, 0.6) is 0 Å². The van der Waals surface area contributed by atoms with Crippen molar-refractivity contribution in [2.24, 2.45) is 5.41 Å². The number of aromatic nitrogens is 3. The third kappa shape index (κ3) is 4.82. The van der Waals surface area contributed by atoms with E-state index in [0.717, 1.165) is 51.0 Å². The largest absolute Gasteiger partial charge is 0.383 e. The summed E-state index contributed by atoms with van der Waals surface area (Å²) in [6, 6.07) is 0. The molecule has 1 saturated heterocycles. The van der Waals surface area contributed by atoms with Crippen LogP contribution in [0, 0.1) is 5.41 Å². The number of rotatable bonds is 8. The number of hydrogen-bond acceptors (Lipinski definition) is 6. The summed E-state index contributed by atoms with van der Waals surface area (Å²) in [4.78, 5) is 26.8. The lowest BCUT2D eigenvalue weighted by atomic mass is 9.73. The third-order valence-electron chi connectivity index (χ3n) is 6.09. The van der Waals surface area contributed by atoms with Crippen molar-refractivity contribution in [2.75, 3.05) is 53.7 Å². The number of hydrogen-bond donors (Lipinski definition) is 0. The van der Waals surface area contributed by atoms with Crippen molar-refractivity contribution in [3.05, 3.63) is 16.3 Å². The zero-order valence-corrected chi connectivity index (χ0v) is 17.0. The van der Waals surface area contributed by atoms with E-state index in [2.05, 4.69) is 5.10 Å². The highest BCUT2D eigenvalue weighted by Crippen LogP contribution is 2.41. The van der Waals surface area contributed by atoms with E-state index in [1.807, 2.05) is 9.47 Å². The molecule has 9 nitrogen and oxygen atoms in total. The Labute approximate surface area is 165 Å². The minimum Gasteiger partial charge on any atom is -0.383 e. The molecule has 2 aliphatic rings. The summed E-state index contributed by atoms with van der Waals surface area (Å²) in [5.74, 6) is 0.927. The molecule has 1 spiro atoms. The van der Waals surface area contributed by atoms with Gasteiger partial charge in [-0.25, -0.2) is 9.48 Å². The van der Waals surface area contributed by atoms with Gasteiger partial charge in [-0.15, -0.1) is 0 Å². The Bertz CT molecular complexity index is 706. The van der Waals surface area contributed by atoms with Crippen LogP contribution < -0.4 is 5.69 Å². The van der Waals surface area contributed by atoms with Crippen LogP contribution in [0.3, 0.4) is 0 Å². The van der Waals surface area contributed by atoms with Gasteiger partial charge in [-0.3, -0.25) is 9.36 Å². The molecule has 1 fully saturated rings. The Morgan fingerprint density at radius 3 is 2.46 bits per heavy atom. The Morgan fingerprint density at radius 1 is 1.04 bits per heavy atom. The Kier molecular flexibility index (Phi) is 7.25. The van der Waals surface area contributed by atoms with Crippen LogP contribution in [0.2, 0.25) is 0 Å². The topological polar surface area (TPSA) is 87.8 Å². The molecular formula is C19H32N4O5. The van der Waals surface area contributed by atoms with E-state index in [-0.39, 0.29) is 23.6 Å². The number of methoxy groups -OCH3 is 2. The van der Waals surface area contributed by atoms with Gasteiger partial charge in [0.25, 0.3) is 0 Å². The van der Waals surface area contributed by atoms with E-state index in [9.17, 15) is 9.59 Å². The van der Waals surface area contributed by atoms with Gasteiger partial charge >= 0.3 is 5.69 Å². The van der Waals surface area contributed by atoms with Crippen molar-refractivity contribution in [1.29, 1.82) is 0 Å². The van der Waals surface area contributed by atoms with Gasteiger partial charge in [-0.05, 0) is 31.1 Å². The molecule has 3 rings (SSSR count). The van der Waals surface area contributed by atoms with Crippen LogP contribution in [-0.2, 0) is 38.5 Å². The number of fused-ring (bicyclic) bond motifs is 1. The van der Waals surface area contributed by atoms with Crippen molar-refractivity contribution >= 4 is 5.91 Å². The normalized spacial score (nSPS) is 18.9. The van der Waals surface area contributed by atoms with Gasteiger partial charge in [-0.1, -0.05) is 0 Å². The molecule has 2 aliphatic heterocycles. The van der Waals surface area contributed by atoms with Crippen molar-refractivity contribution in [3.63, 3.8) is 0 Å². The summed E-state index contributed by atoms with van der Waals surface area (Å²) in [5, 5.41) is 4.51. The van der Waals surface area contributed by atoms with E-state index in [1.165, 1.54) is 4.68 Å². The van der Waals surface area contributed by atoms with Gasteiger partial charge in [0, 0.05) is 40.3 Å². The molecule has 0 N–H and O–H groups in total. The van der Waals surface area contributed by atoms with Crippen molar-refractivity contribution in [1.82, 2.24) is 19.2 Å². The molecule has 0 radical (unpaired) electrons. The predicted molar refractivity (Wildman–Crippen MR) is 102 cm³/mol. The van der Waals surface area contributed by atoms with E-state index in [4.69, 9.17) is 14.2 Å². The first-order valence-electron chi connectivity index (χ1n) is 10.1. The average molecular weight is 396 g/mol. The first kappa shape index (κ1) is 21.0. The minimum absolute atomic E-state index is 0.0371. The first-order chi connectivity index (χ1) is 13.6. The van der Waals surface area contributed by atoms with E-state index in [0.29, 0.717) is 32.9 Å². The number of carbonyl (C=O) groups excluding carboxylic acids is 1. The number of ether oxygens (including phenoxy) is 3. The third-order valence-corrected chi connectivity index (χ3v) is 6.09. The van der Waals surface area contributed by atoms with Crippen LogP contribution in [0.4, 0.5) is 0 Å². The highest BCUT2D eigenvalue weighted by molar-refractivity contribution is 5.77. The fourth-order valence-corrected chi connectivity index (χ4v) is 4.19. The number of piperidine rings is 1. The van der Waals surface area contributed by atoms with E-state index < -0.39 is 0 Å². The number of nitrogens with zero attached hydrogens (tertiary/aromatic N) is 4. The summed E-state index contributed by atoms with van der Waals surface area (Å²) < 4.78 is 18.7. The maximum Gasteiger partial charge on any atom is 0.345 e. The molecule has 1 aromatic heterocycles. The Hall–Kier alpha value is -1.71. The molecule has 3 heterocycles. The predicted octanol–water partition coefficient (Wildman–Crippen LogP) is 0.299. The van der Waals surface area contributed by atoms with Gasteiger partial charge in [0.15, 0.2) is 0 Å². The lowest BCUT2D eigenvalue weighted by Gasteiger charge is -2.41. The van der Waals surface area contributed by atoms with Gasteiger partial charge in [-0.2, -0.15) is 5.10 Å². The van der Waals surface area contributed by atoms with E-state index >= 15 is 0 Å². The number of aryl methyl sites for hydroxylation is 1. The zero-order chi connectivity index (χ0) is 20.0. The second kappa shape index (κ2) is 9.67. The fourth-order valence-electron chi connectivity index (χ4n) is 4.19. The molecule has 0 bridgehead atoms. The molecule has 0 aromatic carbocycles. The fraction of sp³-hybridized carbons (Fsp3) is 0.842. The highest BCUT2D eigenvalue weighted by Gasteiger charge is 2.37. The average Bonchev–Trinajstić information content (AvgIpc) is 2.90. The van der Waals surface area contributed by atoms with Crippen LogP contribution in [0.25, 0.3) is 0 Å². The van der Waals surface area contributed by atoms with Crippen LogP contribution in [-0.4, -0.2) is 78.9 Å². The second-order valence-electron chi connectivity index (χ2n) is 7.74. The summed E-state index contributed by atoms with van der Waals surface area (Å²) in [5.41, 5.74) is 0.156. The van der Waals surface area contributed by atoms with Crippen LogP contribution >= 0.6 is 0 Å². The van der Waals surface area contributed by atoms with Gasteiger partial charge in [0.05, 0.1) is 26.4 Å². The SMILES string of the molecule is COCCOCC(=O)N1CCC2(CCc3nn(CCOC)c(=O)n3CC2)CC1. The van der Waals surface area contributed by atoms with Gasteiger partial charge in [0.1, 0.15) is 12.4 Å². The van der Waals surface area contributed by atoms with Crippen LogP contribution in [0.15, 0.2) is 4.79 Å². The maximum atomic E-state index is 12.6. The molecule has 0 unspecified atom stereocenters.